The van der Waals surface area contributed by atoms with Gasteiger partial charge < -0.3 is 45.1 Å². The maximum atomic E-state index is 13.0. The van der Waals surface area contributed by atoms with Crippen LogP contribution in [0.4, 0.5) is 0 Å². The first kappa shape index (κ1) is 66.9. The van der Waals surface area contributed by atoms with Gasteiger partial charge in [-0.25, -0.2) is 0 Å². The minimum Gasteiger partial charge on any atom is -0.465 e. The van der Waals surface area contributed by atoms with Crippen LogP contribution >= 0.6 is 0 Å². The topological polar surface area (TPSA) is 175 Å². The van der Waals surface area contributed by atoms with Crippen molar-refractivity contribution < 1.29 is 49.3 Å². The van der Waals surface area contributed by atoms with E-state index in [0.717, 1.165) is 70.6 Å². The molecule has 0 aromatic rings. The minimum atomic E-state index is -1.57. The Labute approximate surface area is 434 Å². The Kier molecular flexibility index (Phi) is 47.2. The smallest absolute Gasteiger partial charge is 0.305 e. The molecule has 1 fully saturated rings. The highest BCUT2D eigenvalue weighted by atomic mass is 16.7. The van der Waals surface area contributed by atoms with E-state index >= 15 is 0 Å². The Morgan fingerprint density at radius 3 is 1.42 bits per heavy atom. The fraction of sp³-hybridized carbons (Fsp3) is 0.867. The van der Waals surface area contributed by atoms with Gasteiger partial charge in [0.1, 0.15) is 24.4 Å². The van der Waals surface area contributed by atoms with Gasteiger partial charge in [-0.3, -0.25) is 9.59 Å². The second-order valence-corrected chi connectivity index (χ2v) is 20.7. The molecule has 1 saturated heterocycles. The van der Waals surface area contributed by atoms with Gasteiger partial charge in [-0.15, -0.1) is 0 Å². The summed E-state index contributed by atoms with van der Waals surface area (Å²) < 4.78 is 16.6. The Bertz CT molecular complexity index is 1280. The predicted octanol–water partition coefficient (Wildman–Crippen LogP) is 13.5. The van der Waals surface area contributed by atoms with Crippen LogP contribution in [0, 0.1) is 0 Å². The first-order chi connectivity index (χ1) is 34.7. The van der Waals surface area contributed by atoms with Crippen LogP contribution in [0.2, 0.25) is 0 Å². The monoisotopic (exact) mass is 1010 g/mol. The van der Waals surface area contributed by atoms with Gasteiger partial charge in [0.05, 0.1) is 32.0 Å². The number of rotatable bonds is 51. The van der Waals surface area contributed by atoms with Crippen LogP contribution in [0.25, 0.3) is 0 Å². The number of amides is 1. The number of carbonyl (C=O) groups is 2. The fourth-order valence-corrected chi connectivity index (χ4v) is 9.27. The van der Waals surface area contributed by atoms with Gasteiger partial charge in [-0.1, -0.05) is 243 Å². The van der Waals surface area contributed by atoms with Gasteiger partial charge in [-0.05, 0) is 51.4 Å². The van der Waals surface area contributed by atoms with E-state index in [4.69, 9.17) is 14.2 Å². The van der Waals surface area contributed by atoms with Crippen molar-refractivity contribution in [2.75, 3.05) is 19.8 Å². The molecule has 0 radical (unpaired) electrons. The zero-order valence-electron chi connectivity index (χ0n) is 45.7. The molecule has 0 aromatic carbocycles. The summed E-state index contributed by atoms with van der Waals surface area (Å²) in [7, 11) is 0. The van der Waals surface area contributed by atoms with Gasteiger partial charge in [0.2, 0.25) is 5.91 Å². The summed E-state index contributed by atoms with van der Waals surface area (Å²) in [6.07, 6.45) is 51.2. The van der Waals surface area contributed by atoms with E-state index in [1.54, 1.807) is 6.08 Å². The van der Waals surface area contributed by atoms with Gasteiger partial charge in [0.25, 0.3) is 0 Å². The molecular weight excluding hydrogens is 895 g/mol. The van der Waals surface area contributed by atoms with Gasteiger partial charge in [-0.2, -0.15) is 0 Å². The number of aliphatic hydroxyl groups is 5. The lowest BCUT2D eigenvalue weighted by Crippen LogP contribution is -2.60. The van der Waals surface area contributed by atoms with Crippen molar-refractivity contribution in [2.24, 2.45) is 0 Å². The van der Waals surface area contributed by atoms with E-state index in [-0.39, 0.29) is 18.5 Å². The zero-order valence-corrected chi connectivity index (χ0v) is 45.7. The molecule has 7 unspecified atom stereocenters. The summed E-state index contributed by atoms with van der Waals surface area (Å²) in [6, 6.07) is -0.812. The van der Waals surface area contributed by atoms with Crippen molar-refractivity contribution in [1.29, 1.82) is 0 Å². The number of allylic oxidation sites excluding steroid dienone is 4. The molecule has 1 amide bonds. The van der Waals surface area contributed by atoms with Crippen molar-refractivity contribution in [3.8, 4) is 0 Å². The molecule has 0 saturated carbocycles. The highest BCUT2D eigenvalue weighted by Gasteiger charge is 2.44. The summed E-state index contributed by atoms with van der Waals surface area (Å²) in [5.41, 5.74) is 0. The van der Waals surface area contributed by atoms with Gasteiger partial charge in [0, 0.05) is 12.8 Å². The summed E-state index contributed by atoms with van der Waals surface area (Å²) in [5, 5.41) is 54.2. The van der Waals surface area contributed by atoms with Gasteiger partial charge >= 0.3 is 5.97 Å². The van der Waals surface area contributed by atoms with E-state index in [1.807, 2.05) is 6.08 Å². The number of unbranched alkanes of at least 4 members (excludes halogenated alkanes) is 33. The lowest BCUT2D eigenvalue weighted by atomic mass is 9.99. The molecule has 1 rings (SSSR count). The fourth-order valence-electron chi connectivity index (χ4n) is 9.27. The minimum absolute atomic E-state index is 0.0472. The molecule has 71 heavy (non-hydrogen) atoms. The highest BCUT2D eigenvalue weighted by molar-refractivity contribution is 5.76. The predicted molar refractivity (Wildman–Crippen MR) is 292 cm³/mol. The number of ether oxygens (including phenoxy) is 3. The average molecular weight is 1010 g/mol. The van der Waals surface area contributed by atoms with Crippen LogP contribution in [0.1, 0.15) is 271 Å². The number of carbonyl (C=O) groups excluding carboxylic acids is 2. The molecule has 11 nitrogen and oxygen atoms in total. The number of hydrogen-bond acceptors (Lipinski definition) is 10. The van der Waals surface area contributed by atoms with Crippen LogP contribution in [0.15, 0.2) is 36.5 Å². The largest absolute Gasteiger partial charge is 0.465 e. The maximum Gasteiger partial charge on any atom is 0.305 e. The summed E-state index contributed by atoms with van der Waals surface area (Å²) in [5.74, 6) is -0.236. The number of esters is 1. The summed E-state index contributed by atoms with van der Waals surface area (Å²) >= 11 is 0. The van der Waals surface area contributed by atoms with Crippen molar-refractivity contribution in [3.63, 3.8) is 0 Å². The standard InChI is InChI=1S/C60H111NO10/c1-3-5-7-9-11-13-14-24-28-32-36-40-44-48-56(65)69-49-45-41-37-33-29-26-23-21-19-17-15-16-18-20-22-25-27-31-35-39-43-47-55(64)61-52(53(63)46-42-38-34-30-12-10-8-6-4-2)51-70-60-59(68)58(67)57(66)54(50-62)71-60/h26,29,37,41-42,46,52-54,57-60,62-63,66-68H,3-25,27-28,30-36,38-40,43-45,47-51H2,1-2H3,(H,61,64)/b29-26-,41-37-,46-42+. The van der Waals surface area contributed by atoms with E-state index in [0.29, 0.717) is 19.4 Å². The normalized spacial score (nSPS) is 19.3. The summed E-state index contributed by atoms with van der Waals surface area (Å²) in [4.78, 5) is 25.0. The van der Waals surface area contributed by atoms with Crippen LogP contribution in [0.5, 0.6) is 0 Å². The molecular formula is C60H111NO10. The van der Waals surface area contributed by atoms with Crippen molar-refractivity contribution in [2.45, 2.75) is 314 Å². The first-order valence-corrected chi connectivity index (χ1v) is 29.8. The zero-order chi connectivity index (χ0) is 51.7. The Hall–Kier alpha value is -2.12. The van der Waals surface area contributed by atoms with Crippen LogP contribution in [-0.4, -0.2) is 100 Å². The Balaban J connectivity index is 2.04. The molecule has 7 atom stereocenters. The van der Waals surface area contributed by atoms with Crippen LogP contribution in [-0.2, 0) is 23.8 Å². The lowest BCUT2D eigenvalue weighted by molar-refractivity contribution is -0.302. The average Bonchev–Trinajstić information content (AvgIpc) is 3.37. The molecule has 0 aliphatic carbocycles. The van der Waals surface area contributed by atoms with Crippen LogP contribution in [0.3, 0.4) is 0 Å². The molecule has 416 valence electrons. The quantitative estimate of drug-likeness (QED) is 0.0195. The second kappa shape index (κ2) is 50.1. The molecule has 0 spiro atoms. The SMILES string of the molecule is CCCCCCCCC/C=C/C(O)C(COC1OC(CO)C(O)C(O)C1O)NC(=O)CCCCCCCCCCCCCCCC/C=C\C/C=C\CCOC(=O)CCCCCCCCCCCCCCC. The maximum absolute atomic E-state index is 13.0. The van der Waals surface area contributed by atoms with Crippen molar-refractivity contribution >= 4 is 11.9 Å². The second-order valence-electron chi connectivity index (χ2n) is 20.7. The van der Waals surface area contributed by atoms with Gasteiger partial charge in [0.15, 0.2) is 6.29 Å². The number of hydrogen-bond donors (Lipinski definition) is 6. The first-order valence-electron chi connectivity index (χ1n) is 29.8. The van der Waals surface area contributed by atoms with Crippen LogP contribution < -0.4 is 5.32 Å². The number of aliphatic hydroxyl groups excluding tert-OH is 5. The van der Waals surface area contributed by atoms with E-state index in [9.17, 15) is 35.1 Å². The third kappa shape index (κ3) is 39.9. The third-order valence-corrected chi connectivity index (χ3v) is 14.0. The van der Waals surface area contributed by atoms with Crippen molar-refractivity contribution in [3.05, 3.63) is 36.5 Å². The number of nitrogens with one attached hydrogen (secondary N) is 1. The molecule has 1 heterocycles. The summed E-state index contributed by atoms with van der Waals surface area (Å²) in [6.45, 7) is 4.20. The molecule has 6 N–H and O–H groups in total. The molecule has 11 heteroatoms. The highest BCUT2D eigenvalue weighted by Crippen LogP contribution is 2.23. The molecule has 0 bridgehead atoms. The third-order valence-electron chi connectivity index (χ3n) is 14.0. The van der Waals surface area contributed by atoms with E-state index in [1.165, 1.54) is 173 Å². The molecule has 1 aliphatic rings. The lowest BCUT2D eigenvalue weighted by Gasteiger charge is -2.40. The molecule has 1 aliphatic heterocycles. The Morgan fingerprint density at radius 2 is 0.944 bits per heavy atom. The van der Waals surface area contributed by atoms with E-state index in [2.05, 4.69) is 43.5 Å². The Morgan fingerprint density at radius 1 is 0.521 bits per heavy atom. The van der Waals surface area contributed by atoms with E-state index < -0.39 is 49.5 Å². The van der Waals surface area contributed by atoms with Crippen molar-refractivity contribution in [1.82, 2.24) is 5.32 Å². The molecule has 0 aromatic heterocycles.